The summed E-state index contributed by atoms with van der Waals surface area (Å²) in [6, 6.07) is 6.79. The predicted molar refractivity (Wildman–Crippen MR) is 115 cm³/mol. The van der Waals surface area contributed by atoms with Gasteiger partial charge in [0.25, 0.3) is 0 Å². The molecule has 0 radical (unpaired) electrons. The molecule has 1 aliphatic rings. The van der Waals surface area contributed by atoms with Gasteiger partial charge in [-0.3, -0.25) is 19.8 Å². The molecule has 3 rings (SSSR count). The van der Waals surface area contributed by atoms with Crippen LogP contribution in [0.4, 0.5) is 15.6 Å². The van der Waals surface area contributed by atoms with Gasteiger partial charge in [0.2, 0.25) is 0 Å². The fourth-order valence-corrected chi connectivity index (χ4v) is 4.91. The van der Waals surface area contributed by atoms with E-state index in [0.717, 1.165) is 17.1 Å². The van der Waals surface area contributed by atoms with Crippen LogP contribution >= 0.6 is 23.1 Å². The number of amides is 2. The quantitative estimate of drug-likeness (QED) is 0.460. The first-order valence-corrected chi connectivity index (χ1v) is 11.2. The summed E-state index contributed by atoms with van der Waals surface area (Å²) >= 11 is 2.41. The number of aromatic nitrogens is 1. The molecular formula is C20H23N3O4S2. The van der Waals surface area contributed by atoms with E-state index in [1.54, 1.807) is 29.3 Å². The molecule has 9 heteroatoms. The van der Waals surface area contributed by atoms with Crippen molar-refractivity contribution >= 4 is 51.7 Å². The van der Waals surface area contributed by atoms with Crippen molar-refractivity contribution in [3.8, 4) is 0 Å². The van der Waals surface area contributed by atoms with E-state index in [0.29, 0.717) is 28.8 Å². The highest BCUT2D eigenvalue weighted by atomic mass is 32.2. The number of aliphatic carboxylic acids is 1. The number of hydrogen-bond donors (Lipinski definition) is 2. The molecule has 1 aromatic heterocycles. The molecule has 0 atom stereocenters. The number of anilines is 2. The molecule has 0 bridgehead atoms. The lowest BCUT2D eigenvalue weighted by molar-refractivity contribution is -0.133. The first-order valence-electron chi connectivity index (χ1n) is 9.42. The van der Waals surface area contributed by atoms with Crippen LogP contribution in [0.1, 0.15) is 43.0 Å². The normalized spacial score (nSPS) is 14.0. The zero-order valence-corrected chi connectivity index (χ0v) is 17.7. The van der Waals surface area contributed by atoms with Gasteiger partial charge in [-0.15, -0.1) is 11.8 Å². The van der Waals surface area contributed by atoms with Gasteiger partial charge >= 0.3 is 12.0 Å². The Morgan fingerprint density at radius 3 is 2.76 bits per heavy atom. The average molecular weight is 434 g/mol. The monoisotopic (exact) mass is 433 g/mol. The minimum Gasteiger partial charge on any atom is -0.481 e. The highest BCUT2D eigenvalue weighted by Gasteiger charge is 2.24. The summed E-state index contributed by atoms with van der Waals surface area (Å²) in [4.78, 5) is 41.4. The van der Waals surface area contributed by atoms with Crippen LogP contribution < -0.4 is 10.2 Å². The molecule has 0 aliphatic heterocycles. The number of ketones is 1. The van der Waals surface area contributed by atoms with Crippen molar-refractivity contribution in [1.29, 1.82) is 0 Å². The number of benzene rings is 1. The van der Waals surface area contributed by atoms with E-state index in [1.165, 1.54) is 42.9 Å². The maximum Gasteiger partial charge on any atom is 0.328 e. The average Bonchev–Trinajstić information content (AvgIpc) is 3.36. The van der Waals surface area contributed by atoms with Crippen LogP contribution in [-0.2, 0) is 4.79 Å². The topological polar surface area (TPSA) is 99.6 Å². The van der Waals surface area contributed by atoms with E-state index >= 15 is 0 Å². The molecule has 29 heavy (non-hydrogen) atoms. The van der Waals surface area contributed by atoms with Gasteiger partial charge in [0, 0.05) is 17.8 Å². The molecule has 0 saturated heterocycles. The number of urea groups is 1. The lowest BCUT2D eigenvalue weighted by Gasteiger charge is -2.26. The molecule has 1 heterocycles. The molecule has 2 aromatic rings. The van der Waals surface area contributed by atoms with Crippen LogP contribution in [0.5, 0.6) is 0 Å². The summed E-state index contributed by atoms with van der Waals surface area (Å²) in [5, 5.41) is 12.0. The fraction of sp³-hybridized carbons (Fsp3) is 0.400. The Morgan fingerprint density at radius 2 is 2.07 bits per heavy atom. The van der Waals surface area contributed by atoms with Gasteiger partial charge < -0.3 is 5.11 Å². The molecule has 0 unspecified atom stereocenters. The molecular weight excluding hydrogens is 410 g/mol. The van der Waals surface area contributed by atoms with Crippen molar-refractivity contribution in [2.45, 2.75) is 36.8 Å². The first kappa shape index (κ1) is 21.3. The SMILES string of the molecule is CC(=O)c1cccc(N(CC2CCCC2)C(=O)Nc2ncc(SCC(=O)O)s2)c1. The molecule has 7 nitrogen and oxygen atoms in total. The number of hydrogen-bond acceptors (Lipinski definition) is 6. The van der Waals surface area contributed by atoms with Gasteiger partial charge in [0.05, 0.1) is 16.2 Å². The number of thiazole rings is 1. The smallest absolute Gasteiger partial charge is 0.328 e. The van der Waals surface area contributed by atoms with Crippen LogP contribution in [0.2, 0.25) is 0 Å². The van der Waals surface area contributed by atoms with Crippen LogP contribution in [0, 0.1) is 5.92 Å². The highest BCUT2D eigenvalue weighted by Crippen LogP contribution is 2.30. The number of rotatable bonds is 8. The highest BCUT2D eigenvalue weighted by molar-refractivity contribution is 8.01. The van der Waals surface area contributed by atoms with E-state index in [-0.39, 0.29) is 17.6 Å². The molecule has 154 valence electrons. The summed E-state index contributed by atoms with van der Waals surface area (Å²) in [7, 11) is 0. The number of carboxylic acid groups (broad SMARTS) is 1. The molecule has 1 aliphatic carbocycles. The number of nitrogens with zero attached hydrogens (tertiary/aromatic N) is 2. The summed E-state index contributed by atoms with van der Waals surface area (Å²) in [6.45, 7) is 2.09. The second-order valence-corrected chi connectivity index (χ2v) is 9.27. The number of thioether (sulfide) groups is 1. The summed E-state index contributed by atoms with van der Waals surface area (Å²) in [5.41, 5.74) is 1.24. The zero-order chi connectivity index (χ0) is 20.8. The van der Waals surface area contributed by atoms with Crippen molar-refractivity contribution in [3.63, 3.8) is 0 Å². The summed E-state index contributed by atoms with van der Waals surface area (Å²) in [6.07, 6.45) is 6.08. The number of carboxylic acids is 1. The predicted octanol–water partition coefficient (Wildman–Crippen LogP) is 4.75. The van der Waals surface area contributed by atoms with Crippen molar-refractivity contribution in [3.05, 3.63) is 36.0 Å². The van der Waals surface area contributed by atoms with E-state index in [4.69, 9.17) is 5.11 Å². The van der Waals surface area contributed by atoms with Crippen LogP contribution in [0.15, 0.2) is 34.7 Å². The van der Waals surface area contributed by atoms with E-state index in [9.17, 15) is 14.4 Å². The molecule has 1 aromatic carbocycles. The van der Waals surface area contributed by atoms with Crippen molar-refractivity contribution in [2.75, 3.05) is 22.5 Å². The Bertz CT molecular complexity index is 893. The Balaban J connectivity index is 1.76. The molecule has 2 N–H and O–H groups in total. The van der Waals surface area contributed by atoms with Crippen LogP contribution in [0.3, 0.4) is 0 Å². The molecule has 0 spiro atoms. The van der Waals surface area contributed by atoms with E-state index in [2.05, 4.69) is 10.3 Å². The zero-order valence-electron chi connectivity index (χ0n) is 16.1. The first-order chi connectivity index (χ1) is 13.9. The van der Waals surface area contributed by atoms with E-state index in [1.807, 2.05) is 6.07 Å². The standard InChI is InChI=1S/C20H23N3O4S2/c1-13(24)15-7-4-8-16(9-15)23(11-14-5-2-3-6-14)20(27)22-19-21-10-18(29-19)28-12-17(25)26/h4,7-10,14H,2-3,5-6,11-12H2,1H3,(H,25,26)(H,21,22,27). The van der Waals surface area contributed by atoms with Gasteiger partial charge in [-0.25, -0.2) is 9.78 Å². The number of carbonyl (C=O) groups is 3. The maximum atomic E-state index is 13.1. The Morgan fingerprint density at radius 1 is 1.31 bits per heavy atom. The van der Waals surface area contributed by atoms with Gasteiger partial charge in [-0.2, -0.15) is 0 Å². The number of carbonyl (C=O) groups excluding carboxylic acids is 2. The van der Waals surface area contributed by atoms with Crippen molar-refractivity contribution < 1.29 is 19.5 Å². The third kappa shape index (κ3) is 6.04. The van der Waals surface area contributed by atoms with Gasteiger partial charge in [-0.05, 0) is 37.8 Å². The second kappa shape index (κ2) is 9.89. The number of Topliss-reactive ketones (excluding diaryl/α,β-unsaturated/α-hetero) is 1. The van der Waals surface area contributed by atoms with Gasteiger partial charge in [0.15, 0.2) is 10.9 Å². The van der Waals surface area contributed by atoms with Crippen molar-refractivity contribution in [1.82, 2.24) is 4.98 Å². The fourth-order valence-electron chi connectivity index (χ4n) is 3.33. The lowest BCUT2D eigenvalue weighted by atomic mass is 10.1. The van der Waals surface area contributed by atoms with Gasteiger partial charge in [0.1, 0.15) is 0 Å². The molecule has 1 fully saturated rings. The Hall–Kier alpha value is -2.39. The van der Waals surface area contributed by atoms with Crippen LogP contribution in [-0.4, -0.2) is 40.2 Å². The lowest BCUT2D eigenvalue weighted by Crippen LogP contribution is -2.38. The maximum absolute atomic E-state index is 13.1. The van der Waals surface area contributed by atoms with Crippen molar-refractivity contribution in [2.24, 2.45) is 5.92 Å². The summed E-state index contributed by atoms with van der Waals surface area (Å²) < 4.78 is 0.726. The minimum atomic E-state index is -0.901. The van der Waals surface area contributed by atoms with Crippen LogP contribution in [0.25, 0.3) is 0 Å². The summed E-state index contributed by atoms with van der Waals surface area (Å²) in [5.74, 6) is -0.573. The molecule has 2 amide bonds. The Labute approximate surface area is 177 Å². The second-order valence-electron chi connectivity index (χ2n) is 6.96. The van der Waals surface area contributed by atoms with E-state index < -0.39 is 5.97 Å². The Kier molecular flexibility index (Phi) is 7.27. The minimum absolute atomic E-state index is 0.0481. The third-order valence-electron chi connectivity index (χ3n) is 4.76. The number of nitrogens with one attached hydrogen (secondary N) is 1. The van der Waals surface area contributed by atoms with Gasteiger partial charge in [-0.1, -0.05) is 36.3 Å². The molecule has 1 saturated carbocycles. The largest absolute Gasteiger partial charge is 0.481 e. The third-order valence-corrected chi connectivity index (χ3v) is 6.85.